The number of anilines is 2. The van der Waals surface area contributed by atoms with Crippen LogP contribution in [0.15, 0.2) is 36.7 Å². The summed E-state index contributed by atoms with van der Waals surface area (Å²) in [5.74, 6) is -0.164. The van der Waals surface area contributed by atoms with E-state index in [1.807, 2.05) is 29.9 Å². The Morgan fingerprint density at radius 2 is 2.06 bits per heavy atom. The number of para-hydroxylation sites is 1. The zero-order chi connectivity index (χ0) is 24.8. The van der Waals surface area contributed by atoms with Gasteiger partial charge >= 0.3 is 0 Å². The van der Waals surface area contributed by atoms with Crippen LogP contribution in [0.1, 0.15) is 23.0 Å². The summed E-state index contributed by atoms with van der Waals surface area (Å²) in [5.41, 5.74) is 3.46. The van der Waals surface area contributed by atoms with Crippen LogP contribution in [0, 0.1) is 5.82 Å². The number of amides is 1. The molecule has 0 fully saturated rings. The summed E-state index contributed by atoms with van der Waals surface area (Å²) >= 11 is 1.82. The molecule has 2 aromatic heterocycles. The Morgan fingerprint density at radius 3 is 2.86 bits per heavy atom. The van der Waals surface area contributed by atoms with Crippen LogP contribution in [-0.4, -0.2) is 55.5 Å². The van der Waals surface area contributed by atoms with Crippen molar-refractivity contribution in [3.05, 3.63) is 53.7 Å². The number of H-pyrrole nitrogens is 1. The van der Waals surface area contributed by atoms with Crippen molar-refractivity contribution in [3.63, 3.8) is 0 Å². The van der Waals surface area contributed by atoms with E-state index in [0.717, 1.165) is 5.69 Å². The van der Waals surface area contributed by atoms with Crippen LogP contribution in [0.2, 0.25) is 0 Å². The van der Waals surface area contributed by atoms with Crippen LogP contribution in [0.25, 0.3) is 11.3 Å². The number of fused-ring (bicyclic) bond motifs is 1. The Hall–Kier alpha value is -2.90. The number of aromatic amines is 1. The summed E-state index contributed by atoms with van der Waals surface area (Å²) in [6.07, 6.45) is 3.87. The standard InChI is InChI=1S/C24H26FIN4O5/c1-14-12-18-20(24(31)28-14)22(29-17-5-3-4-16(25)23(17)32-2)21(30-18)15-6-7-27-13-19(15)34-10-8-33-9-11-35-26/h3-7,13-14,29-30H,8-12H2,1-2H3,(H,28,31)/t14-/m0/s1. The average molecular weight is 596 g/mol. The predicted octanol–water partition coefficient (Wildman–Crippen LogP) is 4.40. The molecule has 1 aromatic carbocycles. The van der Waals surface area contributed by atoms with Crippen molar-refractivity contribution in [2.45, 2.75) is 19.4 Å². The topological polar surface area (TPSA) is 107 Å². The molecule has 9 nitrogen and oxygen atoms in total. The highest BCUT2D eigenvalue weighted by molar-refractivity contribution is 14.1. The van der Waals surface area contributed by atoms with Gasteiger partial charge in [-0.3, -0.25) is 9.78 Å². The highest BCUT2D eigenvalue weighted by Gasteiger charge is 2.31. The van der Waals surface area contributed by atoms with Crippen LogP contribution in [0.3, 0.4) is 0 Å². The molecular formula is C24H26FIN4O5. The number of pyridine rings is 1. The SMILES string of the molecule is COc1c(F)cccc1Nc1c(-c2ccncc2OCCOCCOI)[nH]c2c1C(=O)N[C@@H](C)C2. The third-order valence-corrected chi connectivity index (χ3v) is 5.91. The maximum atomic E-state index is 14.4. The largest absolute Gasteiger partial charge is 0.492 e. The monoisotopic (exact) mass is 596 g/mol. The van der Waals surface area contributed by atoms with Crippen molar-refractivity contribution in [3.8, 4) is 22.8 Å². The van der Waals surface area contributed by atoms with Crippen molar-refractivity contribution in [2.24, 2.45) is 0 Å². The summed E-state index contributed by atoms with van der Waals surface area (Å²) in [5, 5.41) is 6.19. The second-order valence-electron chi connectivity index (χ2n) is 7.90. The molecule has 0 bridgehead atoms. The van der Waals surface area contributed by atoms with Gasteiger partial charge < -0.3 is 32.9 Å². The highest BCUT2D eigenvalue weighted by atomic mass is 127. The summed E-state index contributed by atoms with van der Waals surface area (Å²) in [6, 6.07) is 6.34. The first-order chi connectivity index (χ1) is 17.0. The molecule has 0 unspecified atom stereocenters. The molecule has 4 rings (SSSR count). The Bertz CT molecular complexity index is 1190. The van der Waals surface area contributed by atoms with Gasteiger partial charge in [0.05, 0.1) is 55.8 Å². The minimum Gasteiger partial charge on any atom is -0.492 e. The third-order valence-electron chi connectivity index (χ3n) is 5.47. The summed E-state index contributed by atoms with van der Waals surface area (Å²) in [6.45, 7) is 3.58. The first-order valence-corrected chi connectivity index (χ1v) is 11.9. The van der Waals surface area contributed by atoms with E-state index in [9.17, 15) is 9.18 Å². The zero-order valence-electron chi connectivity index (χ0n) is 19.3. The molecule has 0 aliphatic carbocycles. The van der Waals surface area contributed by atoms with E-state index in [2.05, 4.69) is 20.6 Å². The number of rotatable bonds is 11. The van der Waals surface area contributed by atoms with Crippen LogP contribution >= 0.6 is 23.0 Å². The Balaban J connectivity index is 1.72. The fourth-order valence-electron chi connectivity index (χ4n) is 3.99. The van der Waals surface area contributed by atoms with Crippen molar-refractivity contribution in [1.82, 2.24) is 15.3 Å². The van der Waals surface area contributed by atoms with Gasteiger partial charge in [0.2, 0.25) is 0 Å². The molecule has 11 heteroatoms. The van der Waals surface area contributed by atoms with Gasteiger partial charge in [-0.25, -0.2) is 4.39 Å². The van der Waals surface area contributed by atoms with E-state index in [-0.39, 0.29) is 17.7 Å². The number of ether oxygens (including phenoxy) is 3. The maximum Gasteiger partial charge on any atom is 0.255 e. The van der Waals surface area contributed by atoms with Crippen LogP contribution in [0.5, 0.6) is 11.5 Å². The molecule has 3 N–H and O–H groups in total. The zero-order valence-corrected chi connectivity index (χ0v) is 21.5. The molecular weight excluding hydrogens is 570 g/mol. The molecule has 1 aliphatic heterocycles. The minimum atomic E-state index is -0.512. The summed E-state index contributed by atoms with van der Waals surface area (Å²) < 4.78 is 36.0. The smallest absolute Gasteiger partial charge is 0.255 e. The number of hydrogen-bond donors (Lipinski definition) is 3. The van der Waals surface area contributed by atoms with Gasteiger partial charge in [0.25, 0.3) is 5.91 Å². The normalized spacial score (nSPS) is 14.9. The van der Waals surface area contributed by atoms with E-state index in [1.165, 1.54) is 13.2 Å². The van der Waals surface area contributed by atoms with Crippen molar-refractivity contribution >= 4 is 40.3 Å². The molecule has 186 valence electrons. The molecule has 0 saturated carbocycles. The van der Waals surface area contributed by atoms with Crippen LogP contribution in [0.4, 0.5) is 15.8 Å². The predicted molar refractivity (Wildman–Crippen MR) is 137 cm³/mol. The third kappa shape index (κ3) is 5.68. The lowest BCUT2D eigenvalue weighted by Crippen LogP contribution is -2.39. The average Bonchev–Trinajstić information content (AvgIpc) is 3.19. The van der Waals surface area contributed by atoms with Gasteiger partial charge in [-0.2, -0.15) is 0 Å². The summed E-state index contributed by atoms with van der Waals surface area (Å²) in [7, 11) is 1.40. The molecule has 0 saturated heterocycles. The van der Waals surface area contributed by atoms with E-state index < -0.39 is 5.82 Å². The van der Waals surface area contributed by atoms with Gasteiger partial charge in [-0.15, -0.1) is 0 Å². The van der Waals surface area contributed by atoms with Crippen molar-refractivity contribution in [1.29, 1.82) is 0 Å². The van der Waals surface area contributed by atoms with E-state index in [1.54, 1.807) is 30.6 Å². The number of nitrogens with zero attached hydrogens (tertiary/aromatic N) is 1. The lowest BCUT2D eigenvalue weighted by atomic mass is 10.0. The number of methoxy groups -OCH3 is 1. The molecule has 1 amide bonds. The number of carbonyl (C=O) groups excluding carboxylic acids is 1. The first-order valence-electron chi connectivity index (χ1n) is 11.1. The number of nitrogens with one attached hydrogen (secondary N) is 3. The molecule has 1 atom stereocenters. The van der Waals surface area contributed by atoms with Crippen LogP contribution in [-0.2, 0) is 14.2 Å². The maximum absolute atomic E-state index is 14.4. The second kappa shape index (κ2) is 11.7. The van der Waals surface area contributed by atoms with Crippen molar-refractivity contribution in [2.75, 3.05) is 38.9 Å². The fourth-order valence-corrected chi connectivity index (χ4v) is 4.17. The molecule has 3 aromatic rings. The number of halogens is 2. The van der Waals surface area contributed by atoms with Gasteiger partial charge in [0.15, 0.2) is 11.6 Å². The first kappa shape index (κ1) is 25.2. The Labute approximate surface area is 216 Å². The van der Waals surface area contributed by atoms with Gasteiger partial charge in [0.1, 0.15) is 35.4 Å². The molecule has 35 heavy (non-hydrogen) atoms. The van der Waals surface area contributed by atoms with Gasteiger partial charge in [-0.05, 0) is 25.1 Å². The molecule has 3 heterocycles. The minimum absolute atomic E-state index is 0.0325. The number of aromatic nitrogens is 2. The highest BCUT2D eigenvalue weighted by Crippen LogP contribution is 2.42. The number of benzene rings is 1. The number of carbonyl (C=O) groups is 1. The summed E-state index contributed by atoms with van der Waals surface area (Å²) in [4.78, 5) is 20.6. The van der Waals surface area contributed by atoms with Gasteiger partial charge in [-0.1, -0.05) is 6.07 Å². The quantitative estimate of drug-likeness (QED) is 0.223. The molecule has 0 radical (unpaired) electrons. The second-order valence-corrected chi connectivity index (χ2v) is 8.52. The number of hydrogen-bond acceptors (Lipinski definition) is 7. The lowest BCUT2D eigenvalue weighted by molar-refractivity contribution is 0.0854. The van der Waals surface area contributed by atoms with Gasteiger partial charge in [0, 0.05) is 29.9 Å². The van der Waals surface area contributed by atoms with Crippen molar-refractivity contribution < 1.29 is 26.5 Å². The Kier molecular flexibility index (Phi) is 8.42. The van der Waals surface area contributed by atoms with E-state index in [4.69, 9.17) is 17.3 Å². The van der Waals surface area contributed by atoms with E-state index in [0.29, 0.717) is 66.8 Å². The van der Waals surface area contributed by atoms with E-state index >= 15 is 0 Å². The molecule has 1 aliphatic rings. The lowest BCUT2D eigenvalue weighted by Gasteiger charge is -2.21. The van der Waals surface area contributed by atoms with Crippen LogP contribution < -0.4 is 20.1 Å². The fraction of sp³-hybridized carbons (Fsp3) is 0.333. The Morgan fingerprint density at radius 1 is 1.23 bits per heavy atom. The molecule has 0 spiro atoms.